The van der Waals surface area contributed by atoms with Crippen LogP contribution in [0.25, 0.3) is 11.3 Å². The summed E-state index contributed by atoms with van der Waals surface area (Å²) in [5, 5.41) is 14.8. The molecule has 0 saturated carbocycles. The van der Waals surface area contributed by atoms with Crippen LogP contribution in [0.3, 0.4) is 0 Å². The molecule has 0 unspecified atom stereocenters. The Bertz CT molecular complexity index is 596. The summed E-state index contributed by atoms with van der Waals surface area (Å²) in [6, 6.07) is 11.1. The standard InChI is InChI=1S/C13H11N3O2/c1-9-11(13(17)15-8-7-14)12(16-18-9)10-5-3-2-4-6-10/h2-6H,8H2,1H3,(H,15,17). The lowest BCUT2D eigenvalue weighted by atomic mass is 10.1. The number of nitriles is 1. The first-order valence-electron chi connectivity index (χ1n) is 5.41. The maximum atomic E-state index is 11.9. The average molecular weight is 241 g/mol. The molecule has 5 nitrogen and oxygen atoms in total. The molecule has 0 radical (unpaired) electrons. The zero-order chi connectivity index (χ0) is 13.0. The van der Waals surface area contributed by atoms with Crippen molar-refractivity contribution in [1.82, 2.24) is 10.5 Å². The second-order valence-corrected chi connectivity index (χ2v) is 3.67. The van der Waals surface area contributed by atoms with Crippen LogP contribution >= 0.6 is 0 Å². The summed E-state index contributed by atoms with van der Waals surface area (Å²) >= 11 is 0. The lowest BCUT2D eigenvalue weighted by molar-refractivity contribution is 0.0957. The molecule has 0 aliphatic heterocycles. The quantitative estimate of drug-likeness (QED) is 0.832. The molecular formula is C13H11N3O2. The molecule has 1 aromatic heterocycles. The van der Waals surface area contributed by atoms with Crippen molar-refractivity contribution >= 4 is 5.91 Å². The average Bonchev–Trinajstić information content (AvgIpc) is 2.79. The predicted octanol–water partition coefficient (Wildman–Crippen LogP) is 1.90. The van der Waals surface area contributed by atoms with Crippen LogP contribution in [0.5, 0.6) is 0 Å². The molecule has 0 aliphatic rings. The van der Waals surface area contributed by atoms with Gasteiger partial charge in [-0.25, -0.2) is 0 Å². The maximum absolute atomic E-state index is 11.9. The third kappa shape index (κ3) is 2.23. The second-order valence-electron chi connectivity index (χ2n) is 3.67. The number of aryl methyl sites for hydroxylation is 1. The van der Waals surface area contributed by atoms with E-state index in [1.165, 1.54) is 0 Å². The van der Waals surface area contributed by atoms with E-state index in [1.807, 2.05) is 36.4 Å². The zero-order valence-electron chi connectivity index (χ0n) is 9.80. The summed E-state index contributed by atoms with van der Waals surface area (Å²) in [4.78, 5) is 11.9. The van der Waals surface area contributed by atoms with E-state index in [4.69, 9.17) is 9.78 Å². The minimum Gasteiger partial charge on any atom is -0.360 e. The number of rotatable bonds is 3. The number of carbonyl (C=O) groups excluding carboxylic acids is 1. The smallest absolute Gasteiger partial charge is 0.257 e. The van der Waals surface area contributed by atoms with E-state index in [1.54, 1.807) is 6.92 Å². The van der Waals surface area contributed by atoms with Crippen molar-refractivity contribution in [1.29, 1.82) is 5.26 Å². The summed E-state index contributed by atoms with van der Waals surface area (Å²) in [6.07, 6.45) is 0. The molecule has 90 valence electrons. The molecule has 0 saturated heterocycles. The first-order chi connectivity index (χ1) is 8.74. The minimum atomic E-state index is -0.353. The molecule has 18 heavy (non-hydrogen) atoms. The fourth-order valence-electron chi connectivity index (χ4n) is 1.64. The number of carbonyl (C=O) groups is 1. The number of nitrogens with zero attached hydrogens (tertiary/aromatic N) is 2. The molecule has 0 aliphatic carbocycles. The van der Waals surface area contributed by atoms with Crippen molar-refractivity contribution in [3.05, 3.63) is 41.7 Å². The third-order valence-corrected chi connectivity index (χ3v) is 2.47. The van der Waals surface area contributed by atoms with Crippen LogP contribution in [0, 0.1) is 18.3 Å². The van der Waals surface area contributed by atoms with E-state index in [0.717, 1.165) is 5.56 Å². The highest BCUT2D eigenvalue weighted by Gasteiger charge is 2.20. The lowest BCUT2D eigenvalue weighted by Crippen LogP contribution is -2.24. The van der Waals surface area contributed by atoms with Gasteiger partial charge >= 0.3 is 0 Å². The summed E-state index contributed by atoms with van der Waals surface area (Å²) in [5.41, 5.74) is 1.66. The van der Waals surface area contributed by atoms with Crippen molar-refractivity contribution in [2.75, 3.05) is 6.54 Å². The molecule has 0 spiro atoms. The second kappa shape index (κ2) is 5.15. The van der Waals surface area contributed by atoms with Crippen molar-refractivity contribution in [3.63, 3.8) is 0 Å². The Balaban J connectivity index is 2.40. The molecule has 0 atom stereocenters. The van der Waals surface area contributed by atoms with Crippen molar-refractivity contribution in [2.45, 2.75) is 6.92 Å². The lowest BCUT2D eigenvalue weighted by Gasteiger charge is -2.01. The number of benzene rings is 1. The number of amides is 1. The fourth-order valence-corrected chi connectivity index (χ4v) is 1.64. The predicted molar refractivity (Wildman–Crippen MR) is 64.6 cm³/mol. The summed E-state index contributed by atoms with van der Waals surface area (Å²) in [5.74, 6) is 0.0819. The van der Waals surface area contributed by atoms with Gasteiger partial charge in [0.2, 0.25) is 0 Å². The van der Waals surface area contributed by atoms with Gasteiger partial charge in [0, 0.05) is 5.56 Å². The Morgan fingerprint density at radius 3 is 2.83 bits per heavy atom. The van der Waals surface area contributed by atoms with E-state index >= 15 is 0 Å². The van der Waals surface area contributed by atoms with Gasteiger partial charge in [-0.05, 0) is 6.92 Å². The number of hydrogen-bond acceptors (Lipinski definition) is 4. The highest BCUT2D eigenvalue weighted by molar-refractivity contribution is 6.00. The molecule has 2 aromatic rings. The largest absolute Gasteiger partial charge is 0.360 e. The van der Waals surface area contributed by atoms with E-state index in [-0.39, 0.29) is 12.5 Å². The number of aromatic nitrogens is 1. The fraction of sp³-hybridized carbons (Fsp3) is 0.154. The molecule has 0 bridgehead atoms. The Morgan fingerprint density at radius 1 is 1.44 bits per heavy atom. The third-order valence-electron chi connectivity index (χ3n) is 2.47. The number of nitrogens with one attached hydrogen (secondary N) is 1. The summed E-state index contributed by atoms with van der Waals surface area (Å²) < 4.78 is 5.06. The maximum Gasteiger partial charge on any atom is 0.257 e. The Morgan fingerprint density at radius 2 is 2.17 bits per heavy atom. The number of hydrogen-bond donors (Lipinski definition) is 1. The minimum absolute atomic E-state index is 0.0440. The van der Waals surface area contributed by atoms with Crippen LogP contribution in [0.4, 0.5) is 0 Å². The molecule has 5 heteroatoms. The van der Waals surface area contributed by atoms with Crippen molar-refractivity contribution in [3.8, 4) is 17.3 Å². The van der Waals surface area contributed by atoms with Crippen LogP contribution in [0.2, 0.25) is 0 Å². The van der Waals surface area contributed by atoms with Crippen molar-refractivity contribution in [2.24, 2.45) is 0 Å². The molecule has 1 N–H and O–H groups in total. The first kappa shape index (κ1) is 11.9. The Labute approximate surface area is 104 Å². The highest BCUT2D eigenvalue weighted by Crippen LogP contribution is 2.24. The van der Waals surface area contributed by atoms with E-state index in [2.05, 4.69) is 10.5 Å². The Hall–Kier alpha value is -2.61. The highest BCUT2D eigenvalue weighted by atomic mass is 16.5. The van der Waals surface area contributed by atoms with Crippen LogP contribution in [0.15, 0.2) is 34.9 Å². The van der Waals surface area contributed by atoms with Gasteiger partial charge in [0.25, 0.3) is 5.91 Å². The molecule has 1 heterocycles. The van der Waals surface area contributed by atoms with Gasteiger partial charge in [0.1, 0.15) is 23.6 Å². The molecule has 0 fully saturated rings. The van der Waals surface area contributed by atoms with Gasteiger partial charge < -0.3 is 9.84 Å². The van der Waals surface area contributed by atoms with Gasteiger partial charge in [0.15, 0.2) is 0 Å². The van der Waals surface area contributed by atoms with Crippen LogP contribution in [-0.2, 0) is 0 Å². The van der Waals surface area contributed by atoms with E-state index in [0.29, 0.717) is 17.0 Å². The molecule has 1 amide bonds. The van der Waals surface area contributed by atoms with Crippen molar-refractivity contribution < 1.29 is 9.32 Å². The zero-order valence-corrected chi connectivity index (χ0v) is 9.80. The first-order valence-corrected chi connectivity index (χ1v) is 5.41. The van der Waals surface area contributed by atoms with E-state index in [9.17, 15) is 4.79 Å². The monoisotopic (exact) mass is 241 g/mol. The van der Waals surface area contributed by atoms with Gasteiger partial charge in [-0.3, -0.25) is 4.79 Å². The van der Waals surface area contributed by atoms with Crippen LogP contribution in [0.1, 0.15) is 16.1 Å². The summed E-state index contributed by atoms with van der Waals surface area (Å²) in [7, 11) is 0. The van der Waals surface area contributed by atoms with Gasteiger partial charge in [-0.1, -0.05) is 35.5 Å². The topological polar surface area (TPSA) is 78.9 Å². The van der Waals surface area contributed by atoms with E-state index < -0.39 is 0 Å². The SMILES string of the molecule is Cc1onc(-c2ccccc2)c1C(=O)NCC#N. The molecule has 1 aromatic carbocycles. The summed E-state index contributed by atoms with van der Waals surface area (Å²) in [6.45, 7) is 1.62. The van der Waals surface area contributed by atoms with Crippen LogP contribution in [-0.4, -0.2) is 17.6 Å². The van der Waals surface area contributed by atoms with Gasteiger partial charge in [-0.2, -0.15) is 5.26 Å². The Kier molecular flexibility index (Phi) is 3.39. The van der Waals surface area contributed by atoms with Gasteiger partial charge in [-0.15, -0.1) is 0 Å². The normalized spacial score (nSPS) is 9.78. The van der Waals surface area contributed by atoms with Gasteiger partial charge in [0.05, 0.1) is 6.07 Å². The molecular weight excluding hydrogens is 230 g/mol. The molecule has 2 rings (SSSR count). The van der Waals surface area contributed by atoms with Crippen LogP contribution < -0.4 is 5.32 Å².